The zero-order chi connectivity index (χ0) is 14.7. The molecule has 5 heteroatoms. The minimum atomic E-state index is -0.242. The van der Waals surface area contributed by atoms with Gasteiger partial charge in [-0.3, -0.25) is 9.59 Å². The number of hydrogen-bond acceptors (Lipinski definition) is 2. The maximum atomic E-state index is 12.2. The summed E-state index contributed by atoms with van der Waals surface area (Å²) >= 11 is 5.87. The summed E-state index contributed by atoms with van der Waals surface area (Å²) in [6.45, 7) is 2.52. The van der Waals surface area contributed by atoms with Crippen LogP contribution in [0.15, 0.2) is 24.3 Å². The highest BCUT2D eigenvalue weighted by atomic mass is 35.5. The van der Waals surface area contributed by atoms with E-state index in [0.29, 0.717) is 18.0 Å². The number of rotatable bonds is 4. The first-order valence-corrected chi connectivity index (χ1v) is 7.19. The smallest absolute Gasteiger partial charge is 0.225 e. The lowest BCUT2D eigenvalue weighted by atomic mass is 10.0. The number of carbonyl (C=O) groups excluding carboxylic acids is 2. The van der Waals surface area contributed by atoms with Crippen LogP contribution in [-0.4, -0.2) is 30.3 Å². The maximum absolute atomic E-state index is 12.2. The van der Waals surface area contributed by atoms with E-state index in [1.54, 1.807) is 11.9 Å². The van der Waals surface area contributed by atoms with E-state index >= 15 is 0 Å². The lowest BCUT2D eigenvalue weighted by molar-refractivity contribution is -0.128. The molecule has 1 saturated heterocycles. The predicted molar refractivity (Wildman–Crippen MR) is 78.4 cm³/mol. The molecule has 2 amide bonds. The van der Waals surface area contributed by atoms with Crippen LogP contribution in [0.3, 0.4) is 0 Å². The fraction of sp³-hybridized carbons (Fsp3) is 0.467. The van der Waals surface area contributed by atoms with Crippen LogP contribution < -0.4 is 5.32 Å². The van der Waals surface area contributed by atoms with Gasteiger partial charge in [0.15, 0.2) is 0 Å². The minimum absolute atomic E-state index is 0.0321. The second-order valence-electron chi connectivity index (χ2n) is 5.20. The summed E-state index contributed by atoms with van der Waals surface area (Å²) in [6.07, 6.45) is 1.10. The van der Waals surface area contributed by atoms with Gasteiger partial charge in [-0.25, -0.2) is 0 Å². The first-order chi connectivity index (χ1) is 9.51. The van der Waals surface area contributed by atoms with Crippen LogP contribution >= 0.6 is 11.6 Å². The number of amides is 2. The minimum Gasteiger partial charge on any atom is -0.349 e. The van der Waals surface area contributed by atoms with Crippen molar-refractivity contribution in [3.05, 3.63) is 34.9 Å². The molecule has 4 nitrogen and oxygen atoms in total. The number of carbonyl (C=O) groups is 2. The van der Waals surface area contributed by atoms with Crippen molar-refractivity contribution in [3.63, 3.8) is 0 Å². The van der Waals surface area contributed by atoms with E-state index in [0.717, 1.165) is 12.0 Å². The molecule has 1 aromatic rings. The highest BCUT2D eigenvalue weighted by Gasteiger charge is 2.32. The van der Waals surface area contributed by atoms with Gasteiger partial charge in [-0.1, -0.05) is 30.7 Å². The lowest BCUT2D eigenvalue weighted by Crippen LogP contribution is -2.34. The Bertz CT molecular complexity index is 501. The average molecular weight is 295 g/mol. The molecule has 1 heterocycles. The van der Waals surface area contributed by atoms with Crippen molar-refractivity contribution in [2.45, 2.75) is 25.8 Å². The number of likely N-dealkylation sites (tertiary alicyclic amines) is 1. The van der Waals surface area contributed by atoms with Gasteiger partial charge in [-0.2, -0.15) is 0 Å². The third-order valence-electron chi connectivity index (χ3n) is 3.71. The molecule has 108 valence electrons. The fourth-order valence-corrected chi connectivity index (χ4v) is 2.57. The standard InChI is InChI=1S/C15H19ClN2O2/c1-3-13(10-4-6-12(16)7-5-10)17-15(20)11-8-14(19)18(2)9-11/h4-7,11,13H,3,8-9H2,1-2H3,(H,17,20)/t11-,13-/m1/s1. The van der Waals surface area contributed by atoms with Crippen molar-refractivity contribution in [2.24, 2.45) is 5.92 Å². The third kappa shape index (κ3) is 3.31. The Morgan fingerprint density at radius 1 is 1.45 bits per heavy atom. The number of nitrogens with zero attached hydrogens (tertiary/aromatic N) is 1. The van der Waals surface area contributed by atoms with E-state index in [1.165, 1.54) is 0 Å². The Hall–Kier alpha value is -1.55. The summed E-state index contributed by atoms with van der Waals surface area (Å²) in [5, 5.41) is 3.70. The molecule has 2 rings (SSSR count). The molecular formula is C15H19ClN2O2. The summed E-state index contributed by atoms with van der Waals surface area (Å²) in [4.78, 5) is 25.3. The van der Waals surface area contributed by atoms with Crippen molar-refractivity contribution in [1.82, 2.24) is 10.2 Å². The van der Waals surface area contributed by atoms with E-state index in [1.807, 2.05) is 31.2 Å². The number of nitrogens with one attached hydrogen (secondary N) is 1. The van der Waals surface area contributed by atoms with Crippen LogP contribution in [0.25, 0.3) is 0 Å². The van der Waals surface area contributed by atoms with Crippen LogP contribution in [0, 0.1) is 5.92 Å². The monoisotopic (exact) mass is 294 g/mol. The molecule has 1 N–H and O–H groups in total. The first-order valence-electron chi connectivity index (χ1n) is 6.81. The van der Waals surface area contributed by atoms with Gasteiger partial charge in [-0.15, -0.1) is 0 Å². The van der Waals surface area contributed by atoms with E-state index in [2.05, 4.69) is 5.32 Å². The highest BCUT2D eigenvalue weighted by Crippen LogP contribution is 2.22. The van der Waals surface area contributed by atoms with Gasteiger partial charge in [0.1, 0.15) is 0 Å². The summed E-state index contributed by atoms with van der Waals surface area (Å²) in [7, 11) is 1.73. The van der Waals surface area contributed by atoms with Gasteiger partial charge < -0.3 is 10.2 Å². The molecule has 0 radical (unpaired) electrons. The second kappa shape index (κ2) is 6.27. The highest BCUT2D eigenvalue weighted by molar-refractivity contribution is 6.30. The normalized spacial score (nSPS) is 20.1. The van der Waals surface area contributed by atoms with Gasteiger partial charge in [0.2, 0.25) is 11.8 Å². The number of hydrogen-bond donors (Lipinski definition) is 1. The Morgan fingerprint density at radius 3 is 2.60 bits per heavy atom. The van der Waals surface area contributed by atoms with Crippen molar-refractivity contribution in [1.29, 1.82) is 0 Å². The van der Waals surface area contributed by atoms with Crippen LogP contribution in [0.5, 0.6) is 0 Å². The predicted octanol–water partition coefficient (Wildman–Crippen LogP) is 2.39. The Labute approximate surface area is 124 Å². The molecule has 1 aliphatic heterocycles. The molecule has 0 bridgehead atoms. The summed E-state index contributed by atoms with van der Waals surface area (Å²) in [5.74, 6) is -0.261. The number of benzene rings is 1. The van der Waals surface area contributed by atoms with Crippen LogP contribution in [0.2, 0.25) is 5.02 Å². The van der Waals surface area contributed by atoms with Crippen molar-refractivity contribution < 1.29 is 9.59 Å². The molecule has 2 atom stereocenters. The van der Waals surface area contributed by atoms with Crippen LogP contribution in [-0.2, 0) is 9.59 Å². The Morgan fingerprint density at radius 2 is 2.10 bits per heavy atom. The van der Waals surface area contributed by atoms with Gasteiger partial charge >= 0.3 is 0 Å². The SMILES string of the molecule is CC[C@@H](NC(=O)[C@@H]1CC(=O)N(C)C1)c1ccc(Cl)cc1. The molecule has 0 saturated carbocycles. The van der Waals surface area contributed by atoms with Crippen molar-refractivity contribution >= 4 is 23.4 Å². The van der Waals surface area contributed by atoms with E-state index < -0.39 is 0 Å². The molecule has 1 aliphatic rings. The first kappa shape index (κ1) is 14.9. The van der Waals surface area contributed by atoms with E-state index in [-0.39, 0.29) is 23.8 Å². The van der Waals surface area contributed by atoms with Crippen LogP contribution in [0.1, 0.15) is 31.4 Å². The Kier molecular flexibility index (Phi) is 4.65. The molecule has 1 aromatic carbocycles. The van der Waals surface area contributed by atoms with Crippen LogP contribution in [0.4, 0.5) is 0 Å². The van der Waals surface area contributed by atoms with E-state index in [4.69, 9.17) is 11.6 Å². The summed E-state index contributed by atoms with van der Waals surface area (Å²) in [6, 6.07) is 7.43. The molecule has 20 heavy (non-hydrogen) atoms. The van der Waals surface area contributed by atoms with Crippen molar-refractivity contribution in [3.8, 4) is 0 Å². The van der Waals surface area contributed by atoms with Gasteiger partial charge in [0.05, 0.1) is 12.0 Å². The largest absolute Gasteiger partial charge is 0.349 e. The summed E-state index contributed by atoms with van der Waals surface area (Å²) in [5.41, 5.74) is 1.03. The number of halogens is 1. The molecule has 0 aliphatic carbocycles. The van der Waals surface area contributed by atoms with E-state index in [9.17, 15) is 9.59 Å². The fourth-order valence-electron chi connectivity index (χ4n) is 2.44. The molecule has 0 unspecified atom stereocenters. The van der Waals surface area contributed by atoms with Gasteiger partial charge in [0, 0.05) is 25.0 Å². The van der Waals surface area contributed by atoms with Gasteiger partial charge in [0.25, 0.3) is 0 Å². The zero-order valence-electron chi connectivity index (χ0n) is 11.7. The van der Waals surface area contributed by atoms with Gasteiger partial charge in [-0.05, 0) is 24.1 Å². The topological polar surface area (TPSA) is 49.4 Å². The average Bonchev–Trinajstić information content (AvgIpc) is 2.77. The second-order valence-corrected chi connectivity index (χ2v) is 5.63. The molecule has 0 spiro atoms. The molecule has 0 aromatic heterocycles. The molecular weight excluding hydrogens is 276 g/mol. The quantitative estimate of drug-likeness (QED) is 0.927. The zero-order valence-corrected chi connectivity index (χ0v) is 12.5. The summed E-state index contributed by atoms with van der Waals surface area (Å²) < 4.78 is 0. The molecule has 1 fully saturated rings. The van der Waals surface area contributed by atoms with Crippen molar-refractivity contribution in [2.75, 3.05) is 13.6 Å². The lowest BCUT2D eigenvalue weighted by Gasteiger charge is -2.20. The Balaban J connectivity index is 2.01. The third-order valence-corrected chi connectivity index (χ3v) is 3.96. The maximum Gasteiger partial charge on any atom is 0.225 e.